The van der Waals surface area contributed by atoms with E-state index in [-0.39, 0.29) is 19.7 Å². The van der Waals surface area contributed by atoms with E-state index in [1.54, 1.807) is 14.0 Å². The highest BCUT2D eigenvalue weighted by Gasteiger charge is 2.33. The molecule has 0 aromatic carbocycles. The molecule has 1 aromatic heterocycles. The zero-order chi connectivity index (χ0) is 13.9. The van der Waals surface area contributed by atoms with Gasteiger partial charge in [-0.3, -0.25) is 4.68 Å². The molecule has 5 nitrogen and oxygen atoms in total. The molecular formula is C10H17F3N4O. The number of aryl methyl sites for hydroxylation is 2. The Morgan fingerprint density at radius 2 is 2.06 bits per heavy atom. The molecule has 0 saturated heterocycles. The number of rotatable bonds is 5. The Balaban J connectivity index is 3.12. The van der Waals surface area contributed by atoms with E-state index in [1.165, 1.54) is 4.68 Å². The van der Waals surface area contributed by atoms with Gasteiger partial charge < -0.3 is 15.7 Å². The number of anilines is 1. The Labute approximate surface area is 103 Å². The van der Waals surface area contributed by atoms with Gasteiger partial charge in [-0.25, -0.2) is 0 Å². The van der Waals surface area contributed by atoms with E-state index in [1.807, 2.05) is 0 Å². The average molecular weight is 266 g/mol. The third-order valence-corrected chi connectivity index (χ3v) is 2.56. The van der Waals surface area contributed by atoms with Crippen molar-refractivity contribution >= 4 is 5.82 Å². The fourth-order valence-electron chi connectivity index (χ4n) is 1.92. The summed E-state index contributed by atoms with van der Waals surface area (Å²) in [7, 11) is 1.56. The maximum atomic E-state index is 12.5. The van der Waals surface area contributed by atoms with Gasteiger partial charge in [-0.05, 0) is 6.92 Å². The zero-order valence-electron chi connectivity index (χ0n) is 10.3. The molecule has 0 aliphatic rings. The molecule has 0 aliphatic carbocycles. The van der Waals surface area contributed by atoms with E-state index in [0.29, 0.717) is 17.1 Å². The first-order valence-electron chi connectivity index (χ1n) is 5.45. The highest BCUT2D eigenvalue weighted by molar-refractivity contribution is 5.50. The molecule has 0 aliphatic heterocycles. The number of aliphatic hydroxyl groups excluding tert-OH is 1. The van der Waals surface area contributed by atoms with Crippen molar-refractivity contribution in [3.8, 4) is 0 Å². The highest BCUT2D eigenvalue weighted by atomic mass is 19.4. The van der Waals surface area contributed by atoms with Gasteiger partial charge in [-0.2, -0.15) is 18.3 Å². The minimum atomic E-state index is -4.35. The zero-order valence-corrected chi connectivity index (χ0v) is 10.3. The molecular weight excluding hydrogens is 249 g/mol. The molecule has 0 radical (unpaired) electrons. The molecule has 0 amide bonds. The van der Waals surface area contributed by atoms with Gasteiger partial charge in [-0.1, -0.05) is 0 Å². The quantitative estimate of drug-likeness (QED) is 0.816. The highest BCUT2D eigenvalue weighted by Crippen LogP contribution is 2.26. The van der Waals surface area contributed by atoms with E-state index in [4.69, 9.17) is 10.8 Å². The van der Waals surface area contributed by atoms with Crippen molar-refractivity contribution in [2.24, 2.45) is 12.8 Å². The summed E-state index contributed by atoms with van der Waals surface area (Å²) in [6.45, 7) is 0.167. The van der Waals surface area contributed by atoms with Crippen molar-refractivity contribution in [3.05, 3.63) is 11.3 Å². The molecule has 8 heteroatoms. The SMILES string of the molecule is Cc1nn(C)c(N(CCO)CC(F)(F)F)c1CN. The minimum Gasteiger partial charge on any atom is -0.395 e. The molecule has 0 bridgehead atoms. The lowest BCUT2D eigenvalue weighted by Crippen LogP contribution is -2.38. The van der Waals surface area contributed by atoms with Gasteiger partial charge in [-0.15, -0.1) is 0 Å². The lowest BCUT2D eigenvalue weighted by Gasteiger charge is -2.26. The van der Waals surface area contributed by atoms with Crippen molar-refractivity contribution in [1.82, 2.24) is 9.78 Å². The largest absolute Gasteiger partial charge is 0.405 e. The van der Waals surface area contributed by atoms with Crippen LogP contribution < -0.4 is 10.6 Å². The summed E-state index contributed by atoms with van der Waals surface area (Å²) >= 11 is 0. The Morgan fingerprint density at radius 3 is 2.50 bits per heavy atom. The van der Waals surface area contributed by atoms with Crippen LogP contribution in [0.1, 0.15) is 11.3 Å². The minimum absolute atomic E-state index is 0.106. The fraction of sp³-hybridized carbons (Fsp3) is 0.700. The second-order valence-electron chi connectivity index (χ2n) is 3.98. The number of aliphatic hydroxyl groups is 1. The number of nitrogens with two attached hydrogens (primary N) is 1. The van der Waals surface area contributed by atoms with Crippen LogP contribution in [0.3, 0.4) is 0 Å². The van der Waals surface area contributed by atoms with Gasteiger partial charge >= 0.3 is 6.18 Å². The van der Waals surface area contributed by atoms with Crippen LogP contribution in [0.4, 0.5) is 19.0 Å². The van der Waals surface area contributed by atoms with Gasteiger partial charge in [0.2, 0.25) is 0 Å². The van der Waals surface area contributed by atoms with Crippen LogP contribution in [-0.4, -0.2) is 40.8 Å². The van der Waals surface area contributed by atoms with Gasteiger partial charge in [0.1, 0.15) is 12.4 Å². The van der Waals surface area contributed by atoms with E-state index >= 15 is 0 Å². The molecule has 0 saturated carbocycles. The standard InChI is InChI=1S/C10H17F3N4O/c1-7-8(5-14)9(16(2)15-7)17(3-4-18)6-10(11,12)13/h18H,3-6,14H2,1-2H3. The van der Waals surface area contributed by atoms with Crippen LogP contribution in [0.25, 0.3) is 0 Å². The van der Waals surface area contributed by atoms with Crippen LogP contribution >= 0.6 is 0 Å². The van der Waals surface area contributed by atoms with Crippen molar-refractivity contribution in [2.45, 2.75) is 19.6 Å². The van der Waals surface area contributed by atoms with E-state index in [9.17, 15) is 13.2 Å². The Morgan fingerprint density at radius 1 is 1.44 bits per heavy atom. The normalized spacial score (nSPS) is 11.9. The molecule has 0 unspecified atom stereocenters. The lowest BCUT2D eigenvalue weighted by molar-refractivity contribution is -0.120. The molecule has 1 heterocycles. The predicted molar refractivity (Wildman–Crippen MR) is 61.2 cm³/mol. The van der Waals surface area contributed by atoms with Crippen molar-refractivity contribution in [1.29, 1.82) is 0 Å². The Kier molecular flexibility index (Phi) is 4.58. The lowest BCUT2D eigenvalue weighted by atomic mass is 10.2. The maximum Gasteiger partial charge on any atom is 0.405 e. The van der Waals surface area contributed by atoms with Gasteiger partial charge in [0, 0.05) is 25.7 Å². The van der Waals surface area contributed by atoms with Crippen molar-refractivity contribution in [3.63, 3.8) is 0 Å². The Hall–Kier alpha value is -1.28. The molecule has 1 aromatic rings. The summed E-state index contributed by atoms with van der Waals surface area (Å²) in [6.07, 6.45) is -4.35. The topological polar surface area (TPSA) is 67.3 Å². The van der Waals surface area contributed by atoms with Crippen LogP contribution in [0.5, 0.6) is 0 Å². The summed E-state index contributed by atoms with van der Waals surface area (Å²) in [5.74, 6) is 0.307. The van der Waals surface area contributed by atoms with Gasteiger partial charge in [0.15, 0.2) is 0 Å². The number of alkyl halides is 3. The van der Waals surface area contributed by atoms with E-state index < -0.39 is 12.7 Å². The first-order valence-corrected chi connectivity index (χ1v) is 5.45. The molecule has 0 atom stereocenters. The molecule has 18 heavy (non-hydrogen) atoms. The van der Waals surface area contributed by atoms with Crippen LogP contribution in [0.15, 0.2) is 0 Å². The predicted octanol–water partition coefficient (Wildman–Crippen LogP) is 0.548. The second-order valence-corrected chi connectivity index (χ2v) is 3.98. The third-order valence-electron chi connectivity index (χ3n) is 2.56. The van der Waals surface area contributed by atoms with Crippen molar-refractivity contribution in [2.75, 3.05) is 24.6 Å². The first kappa shape index (κ1) is 14.8. The second kappa shape index (κ2) is 5.57. The average Bonchev–Trinajstić information content (AvgIpc) is 2.50. The molecule has 0 spiro atoms. The van der Waals surface area contributed by atoms with E-state index in [0.717, 1.165) is 4.90 Å². The summed E-state index contributed by atoms with van der Waals surface area (Å²) in [5.41, 5.74) is 6.70. The summed E-state index contributed by atoms with van der Waals surface area (Å²) in [4.78, 5) is 1.04. The number of nitrogens with zero attached hydrogens (tertiary/aromatic N) is 3. The number of hydrogen-bond acceptors (Lipinski definition) is 4. The summed E-state index contributed by atoms with van der Waals surface area (Å²) < 4.78 is 38.9. The molecule has 104 valence electrons. The van der Waals surface area contributed by atoms with Gasteiger partial charge in [0.05, 0.1) is 12.3 Å². The van der Waals surface area contributed by atoms with Gasteiger partial charge in [0.25, 0.3) is 0 Å². The summed E-state index contributed by atoms with van der Waals surface area (Å²) in [6, 6.07) is 0. The molecule has 3 N–H and O–H groups in total. The smallest absolute Gasteiger partial charge is 0.395 e. The number of hydrogen-bond donors (Lipinski definition) is 2. The molecule has 1 rings (SSSR count). The van der Waals surface area contributed by atoms with E-state index in [2.05, 4.69) is 5.10 Å². The number of halogens is 3. The van der Waals surface area contributed by atoms with Crippen molar-refractivity contribution < 1.29 is 18.3 Å². The van der Waals surface area contributed by atoms with Crippen LogP contribution in [0.2, 0.25) is 0 Å². The third kappa shape index (κ3) is 3.36. The Bertz CT molecular complexity index is 403. The monoisotopic (exact) mass is 266 g/mol. The van der Waals surface area contributed by atoms with Crippen LogP contribution in [-0.2, 0) is 13.6 Å². The maximum absolute atomic E-state index is 12.5. The molecule has 0 fully saturated rings. The first-order chi connectivity index (χ1) is 8.30. The number of aromatic nitrogens is 2. The fourth-order valence-corrected chi connectivity index (χ4v) is 1.92. The van der Waals surface area contributed by atoms with Crippen LogP contribution in [0, 0.1) is 6.92 Å². The summed E-state index contributed by atoms with van der Waals surface area (Å²) in [5, 5.41) is 12.9.